The summed E-state index contributed by atoms with van der Waals surface area (Å²) in [5.41, 5.74) is 0.538. The molecule has 0 aromatic heterocycles. The first-order valence-corrected chi connectivity index (χ1v) is 13.7. The average molecular weight is 436 g/mol. The van der Waals surface area contributed by atoms with Crippen molar-refractivity contribution in [1.82, 2.24) is 0 Å². The summed E-state index contributed by atoms with van der Waals surface area (Å²) >= 11 is 2.59. The van der Waals surface area contributed by atoms with Gasteiger partial charge in [0.05, 0.1) is 0 Å². The third kappa shape index (κ3) is 3.46. The maximum atomic E-state index is 6.92. The fourth-order valence-corrected chi connectivity index (χ4v) is 6.90. The third-order valence-corrected chi connectivity index (χ3v) is 13.2. The number of alkyl halides is 1. The lowest BCUT2D eigenvalue weighted by Gasteiger charge is -2.49. The van der Waals surface area contributed by atoms with E-state index >= 15 is 0 Å². The zero-order chi connectivity index (χ0) is 16.8. The summed E-state index contributed by atoms with van der Waals surface area (Å²) in [6, 6.07) is 0. The van der Waals surface area contributed by atoms with E-state index in [0.29, 0.717) is 16.6 Å². The molecule has 0 saturated heterocycles. The molecule has 0 aromatic carbocycles. The second kappa shape index (κ2) is 6.66. The molecule has 3 heteroatoms. The van der Waals surface area contributed by atoms with Crippen molar-refractivity contribution in [1.29, 1.82) is 0 Å². The molecular formula is C19H37IOSi. The summed E-state index contributed by atoms with van der Waals surface area (Å²) in [7, 11) is -1.64. The number of halogens is 1. The molecule has 2 aliphatic rings. The minimum absolute atomic E-state index is 0.328. The molecule has 0 radical (unpaired) electrons. The lowest BCUT2D eigenvalue weighted by Crippen LogP contribution is -2.50. The van der Waals surface area contributed by atoms with Gasteiger partial charge in [0.15, 0.2) is 8.32 Å². The fourth-order valence-electron chi connectivity index (χ4n) is 4.90. The highest BCUT2D eigenvalue weighted by Crippen LogP contribution is 2.59. The van der Waals surface area contributed by atoms with Crippen LogP contribution in [0.5, 0.6) is 0 Å². The van der Waals surface area contributed by atoms with Crippen molar-refractivity contribution >= 4 is 30.9 Å². The van der Waals surface area contributed by atoms with E-state index in [2.05, 4.69) is 70.3 Å². The highest BCUT2D eigenvalue weighted by Gasteiger charge is 2.54. The van der Waals surface area contributed by atoms with Crippen molar-refractivity contribution in [2.24, 2.45) is 23.2 Å². The van der Waals surface area contributed by atoms with E-state index in [0.717, 1.165) is 17.8 Å². The van der Waals surface area contributed by atoms with Crippen LogP contribution in [0.4, 0.5) is 0 Å². The van der Waals surface area contributed by atoms with Crippen molar-refractivity contribution in [2.45, 2.75) is 91.0 Å². The molecule has 0 amide bonds. The van der Waals surface area contributed by atoms with Gasteiger partial charge in [0.2, 0.25) is 0 Å². The molecule has 5 atom stereocenters. The molecule has 130 valence electrons. The molecule has 0 heterocycles. The molecule has 2 saturated carbocycles. The Morgan fingerprint density at radius 2 is 1.86 bits per heavy atom. The summed E-state index contributed by atoms with van der Waals surface area (Å²) in [4.78, 5) is 0. The third-order valence-electron chi connectivity index (χ3n) is 7.32. The van der Waals surface area contributed by atoms with Crippen molar-refractivity contribution in [3.8, 4) is 0 Å². The molecule has 0 N–H and O–H groups in total. The Balaban J connectivity index is 2.17. The molecular weight excluding hydrogens is 399 g/mol. The molecule has 2 fully saturated rings. The topological polar surface area (TPSA) is 9.23 Å². The van der Waals surface area contributed by atoms with Gasteiger partial charge in [-0.05, 0) is 67.0 Å². The van der Waals surface area contributed by atoms with Crippen molar-refractivity contribution < 1.29 is 4.43 Å². The van der Waals surface area contributed by atoms with E-state index in [4.69, 9.17) is 4.43 Å². The summed E-state index contributed by atoms with van der Waals surface area (Å²) in [5, 5.41) is 0.328. The molecule has 2 aliphatic carbocycles. The molecule has 0 spiro atoms. The van der Waals surface area contributed by atoms with Crippen LogP contribution in [0.3, 0.4) is 0 Å². The second-order valence-corrected chi connectivity index (χ2v) is 15.4. The standard InChI is InChI=1S/C19H37IOSi/c1-14(13-20)15-10-11-16-17(9-8-12-19(15,16)5)21-22(6,7)18(2,3)4/h14-17H,8-13H2,1-7H3/t14-,15?,16?,17-,19?/m0/s1. The quantitative estimate of drug-likeness (QED) is 0.272. The van der Waals surface area contributed by atoms with Crippen LogP contribution in [0, 0.1) is 23.2 Å². The van der Waals surface area contributed by atoms with Crippen LogP contribution in [-0.4, -0.2) is 18.8 Å². The van der Waals surface area contributed by atoms with Gasteiger partial charge in [0, 0.05) is 10.5 Å². The first kappa shape index (κ1) is 19.2. The van der Waals surface area contributed by atoms with Gasteiger partial charge < -0.3 is 4.43 Å². The largest absolute Gasteiger partial charge is 0.414 e. The molecule has 3 unspecified atom stereocenters. The first-order valence-electron chi connectivity index (χ1n) is 9.27. The lowest BCUT2D eigenvalue weighted by atomic mass is 9.62. The maximum Gasteiger partial charge on any atom is 0.192 e. The summed E-state index contributed by atoms with van der Waals surface area (Å²) in [6.45, 7) is 17.0. The van der Waals surface area contributed by atoms with Gasteiger partial charge in [0.25, 0.3) is 0 Å². The van der Waals surface area contributed by atoms with Crippen LogP contribution in [0.1, 0.15) is 66.7 Å². The smallest absolute Gasteiger partial charge is 0.192 e. The zero-order valence-corrected chi connectivity index (χ0v) is 19.0. The first-order chi connectivity index (χ1) is 10.0. The van der Waals surface area contributed by atoms with Crippen LogP contribution >= 0.6 is 22.6 Å². The average Bonchev–Trinajstić information content (AvgIpc) is 2.74. The van der Waals surface area contributed by atoms with Crippen LogP contribution in [0.25, 0.3) is 0 Å². The van der Waals surface area contributed by atoms with E-state index in [1.54, 1.807) is 0 Å². The van der Waals surface area contributed by atoms with Crippen LogP contribution in [0.15, 0.2) is 0 Å². The van der Waals surface area contributed by atoms with Gasteiger partial charge in [-0.2, -0.15) is 0 Å². The molecule has 0 aliphatic heterocycles. The minimum Gasteiger partial charge on any atom is -0.414 e. The Kier molecular flexibility index (Phi) is 5.83. The van der Waals surface area contributed by atoms with E-state index in [-0.39, 0.29) is 0 Å². The Labute approximate surface area is 153 Å². The highest BCUT2D eigenvalue weighted by molar-refractivity contribution is 14.1. The van der Waals surface area contributed by atoms with Gasteiger partial charge in [-0.25, -0.2) is 0 Å². The number of hydrogen-bond donors (Lipinski definition) is 0. The highest BCUT2D eigenvalue weighted by atomic mass is 127. The normalized spacial score (nSPS) is 37.9. The van der Waals surface area contributed by atoms with Crippen molar-refractivity contribution in [2.75, 3.05) is 4.43 Å². The lowest BCUT2D eigenvalue weighted by molar-refractivity contribution is -0.0179. The minimum atomic E-state index is -1.64. The number of hydrogen-bond acceptors (Lipinski definition) is 1. The van der Waals surface area contributed by atoms with Crippen molar-refractivity contribution in [3.05, 3.63) is 0 Å². The van der Waals surface area contributed by atoms with Crippen LogP contribution in [-0.2, 0) is 4.43 Å². The zero-order valence-electron chi connectivity index (χ0n) is 15.8. The number of rotatable bonds is 4. The Hall–Kier alpha value is 0.907. The van der Waals surface area contributed by atoms with E-state index < -0.39 is 8.32 Å². The summed E-state index contributed by atoms with van der Waals surface area (Å²) in [5.74, 6) is 2.59. The van der Waals surface area contributed by atoms with Gasteiger partial charge >= 0.3 is 0 Å². The van der Waals surface area contributed by atoms with Gasteiger partial charge in [0.1, 0.15) is 0 Å². The van der Waals surface area contributed by atoms with Crippen molar-refractivity contribution in [3.63, 3.8) is 0 Å². The van der Waals surface area contributed by atoms with Crippen LogP contribution < -0.4 is 0 Å². The fraction of sp³-hybridized carbons (Fsp3) is 1.00. The molecule has 0 aromatic rings. The maximum absolute atomic E-state index is 6.92. The molecule has 2 rings (SSSR count). The number of fused-ring (bicyclic) bond motifs is 1. The molecule has 0 bridgehead atoms. The van der Waals surface area contributed by atoms with Crippen LogP contribution in [0.2, 0.25) is 18.1 Å². The molecule has 22 heavy (non-hydrogen) atoms. The predicted molar refractivity (Wildman–Crippen MR) is 108 cm³/mol. The Bertz CT molecular complexity index is 389. The molecule has 1 nitrogen and oxygen atoms in total. The summed E-state index contributed by atoms with van der Waals surface area (Å²) < 4.78 is 8.23. The second-order valence-electron chi connectivity index (χ2n) is 9.74. The monoisotopic (exact) mass is 436 g/mol. The van der Waals surface area contributed by atoms with Gasteiger partial charge in [-0.1, -0.05) is 63.6 Å². The van der Waals surface area contributed by atoms with E-state index in [1.165, 1.54) is 36.5 Å². The SMILES string of the molecule is C[C@@H](CI)C1CCC2[C@@H](O[Si](C)(C)C(C)(C)C)CCCC21C. The van der Waals surface area contributed by atoms with Gasteiger partial charge in [-0.15, -0.1) is 0 Å². The van der Waals surface area contributed by atoms with Gasteiger partial charge in [-0.3, -0.25) is 0 Å². The Morgan fingerprint density at radius 1 is 1.23 bits per heavy atom. The van der Waals surface area contributed by atoms with E-state index in [1.807, 2.05) is 0 Å². The summed E-state index contributed by atoms with van der Waals surface area (Å²) in [6.07, 6.45) is 7.48. The Morgan fingerprint density at radius 3 is 2.41 bits per heavy atom. The van der Waals surface area contributed by atoms with E-state index in [9.17, 15) is 0 Å². The predicted octanol–water partition coefficient (Wildman–Crippen LogP) is 6.66.